The van der Waals surface area contributed by atoms with Gasteiger partial charge in [0.25, 0.3) is 0 Å². The van der Waals surface area contributed by atoms with Crippen LogP contribution in [-0.4, -0.2) is 28.2 Å². The molecule has 0 amide bonds. The average molecular weight is 356 g/mol. The number of fused-ring (bicyclic) bond motifs is 1. The maximum atomic E-state index is 12.3. The van der Waals surface area contributed by atoms with E-state index in [-0.39, 0.29) is 5.97 Å². The zero-order valence-corrected chi connectivity index (χ0v) is 16.0. The number of ether oxygens (including phenoxy) is 1. The molecule has 3 rings (SSSR count). The van der Waals surface area contributed by atoms with Crippen LogP contribution in [0.15, 0.2) is 30.3 Å². The van der Waals surface area contributed by atoms with Crippen LogP contribution in [0.3, 0.4) is 0 Å². The summed E-state index contributed by atoms with van der Waals surface area (Å²) in [5.74, 6) is -0.239. The highest BCUT2D eigenvalue weighted by Gasteiger charge is 2.30. The van der Waals surface area contributed by atoms with E-state index in [1.54, 1.807) is 0 Å². The number of hydrogen-bond donors (Lipinski definition) is 0. The van der Waals surface area contributed by atoms with E-state index in [0.717, 1.165) is 29.2 Å². The van der Waals surface area contributed by atoms with E-state index in [2.05, 4.69) is 48.7 Å². The van der Waals surface area contributed by atoms with Crippen LogP contribution in [0.2, 0.25) is 0 Å². The Kier molecular flexibility index (Phi) is 4.95. The van der Waals surface area contributed by atoms with Gasteiger partial charge in [-0.15, -0.1) is 0 Å². The van der Waals surface area contributed by atoms with Crippen molar-refractivity contribution in [2.45, 2.75) is 46.6 Å². The zero-order chi connectivity index (χ0) is 18.1. The van der Waals surface area contributed by atoms with Crippen LogP contribution in [0.25, 0.3) is 5.69 Å². The minimum atomic E-state index is -0.423. The van der Waals surface area contributed by atoms with E-state index >= 15 is 0 Å². The molecule has 5 heteroatoms. The van der Waals surface area contributed by atoms with Gasteiger partial charge in [0, 0.05) is 29.2 Å². The van der Waals surface area contributed by atoms with Gasteiger partial charge in [-0.05, 0) is 63.9 Å². The standard InChI is InChI=1S/C20H24N2O2S/c1-5-24-20(23)15(4)22-18-12-17(21-13(2)6-7-14(21)3)10-8-16(18)9-11-19(22)25/h6-8,10,12,15H,5,9,11H2,1-4H3. The highest BCUT2D eigenvalue weighted by molar-refractivity contribution is 7.80. The first-order valence-corrected chi connectivity index (χ1v) is 9.11. The zero-order valence-electron chi connectivity index (χ0n) is 15.2. The van der Waals surface area contributed by atoms with Gasteiger partial charge < -0.3 is 14.2 Å². The van der Waals surface area contributed by atoms with Crippen LogP contribution in [0.4, 0.5) is 5.69 Å². The molecule has 2 aromatic rings. The third-order valence-electron chi connectivity index (χ3n) is 4.75. The molecule has 1 aromatic carbocycles. The number of rotatable bonds is 4. The highest BCUT2D eigenvalue weighted by atomic mass is 32.1. The summed E-state index contributed by atoms with van der Waals surface area (Å²) in [5.41, 5.74) is 5.68. The Morgan fingerprint density at radius 3 is 2.52 bits per heavy atom. The van der Waals surface area contributed by atoms with Gasteiger partial charge in [0.15, 0.2) is 0 Å². The second-order valence-electron chi connectivity index (χ2n) is 6.46. The Hall–Kier alpha value is -2.14. The molecule has 0 radical (unpaired) electrons. The van der Waals surface area contributed by atoms with Gasteiger partial charge in [-0.2, -0.15) is 0 Å². The molecule has 2 heterocycles. The van der Waals surface area contributed by atoms with Gasteiger partial charge in [-0.1, -0.05) is 18.3 Å². The summed E-state index contributed by atoms with van der Waals surface area (Å²) in [7, 11) is 0. The van der Waals surface area contributed by atoms with Crippen molar-refractivity contribution in [1.29, 1.82) is 0 Å². The lowest BCUT2D eigenvalue weighted by molar-refractivity contribution is -0.144. The number of carbonyl (C=O) groups excluding carboxylic acids is 1. The summed E-state index contributed by atoms with van der Waals surface area (Å²) >= 11 is 5.59. The molecular formula is C20H24N2O2S. The monoisotopic (exact) mass is 356 g/mol. The van der Waals surface area contributed by atoms with Crippen molar-refractivity contribution in [2.24, 2.45) is 0 Å². The summed E-state index contributed by atoms with van der Waals surface area (Å²) in [4.78, 5) is 15.1. The maximum Gasteiger partial charge on any atom is 0.328 e. The van der Waals surface area contributed by atoms with Crippen LogP contribution in [0, 0.1) is 13.8 Å². The largest absolute Gasteiger partial charge is 0.464 e. The molecule has 1 unspecified atom stereocenters. The average Bonchev–Trinajstić information content (AvgIpc) is 2.92. The fourth-order valence-corrected chi connectivity index (χ4v) is 3.85. The first kappa shape index (κ1) is 17.7. The van der Waals surface area contributed by atoms with Crippen LogP contribution < -0.4 is 4.90 Å². The maximum absolute atomic E-state index is 12.3. The Bertz CT molecular complexity index is 806. The molecule has 1 aliphatic heterocycles. The second kappa shape index (κ2) is 7.00. The number of nitrogens with zero attached hydrogens (tertiary/aromatic N) is 2. The van der Waals surface area contributed by atoms with Gasteiger partial charge in [0.05, 0.1) is 11.6 Å². The molecule has 1 aliphatic rings. The molecule has 0 aliphatic carbocycles. The normalized spacial score (nSPS) is 15.0. The van der Waals surface area contributed by atoms with Gasteiger partial charge in [-0.25, -0.2) is 4.79 Å². The van der Waals surface area contributed by atoms with Crippen molar-refractivity contribution in [3.8, 4) is 5.69 Å². The Morgan fingerprint density at radius 1 is 1.20 bits per heavy atom. The van der Waals surface area contributed by atoms with Crippen molar-refractivity contribution in [3.63, 3.8) is 0 Å². The van der Waals surface area contributed by atoms with Gasteiger partial charge in [0.2, 0.25) is 0 Å². The number of esters is 1. The molecule has 0 bridgehead atoms. The third kappa shape index (κ3) is 3.21. The molecule has 4 nitrogen and oxygen atoms in total. The van der Waals surface area contributed by atoms with Crippen LogP contribution >= 0.6 is 12.2 Å². The Morgan fingerprint density at radius 2 is 1.88 bits per heavy atom. The summed E-state index contributed by atoms with van der Waals surface area (Å²) < 4.78 is 7.43. The van der Waals surface area contributed by atoms with E-state index in [9.17, 15) is 4.79 Å². The number of carbonyl (C=O) groups is 1. The lowest BCUT2D eigenvalue weighted by Gasteiger charge is -2.35. The van der Waals surface area contributed by atoms with Crippen molar-refractivity contribution in [1.82, 2.24) is 4.57 Å². The van der Waals surface area contributed by atoms with E-state index in [1.165, 1.54) is 17.0 Å². The van der Waals surface area contributed by atoms with E-state index in [4.69, 9.17) is 17.0 Å². The van der Waals surface area contributed by atoms with E-state index < -0.39 is 6.04 Å². The number of anilines is 1. The Labute approximate surface area is 154 Å². The minimum absolute atomic E-state index is 0.239. The fourth-order valence-electron chi connectivity index (χ4n) is 3.49. The van der Waals surface area contributed by atoms with E-state index in [1.807, 2.05) is 18.7 Å². The summed E-state index contributed by atoms with van der Waals surface area (Å²) in [6.45, 7) is 8.24. The van der Waals surface area contributed by atoms with Gasteiger partial charge in [0.1, 0.15) is 6.04 Å². The smallest absolute Gasteiger partial charge is 0.328 e. The lowest BCUT2D eigenvalue weighted by Crippen LogP contribution is -2.45. The molecule has 1 atom stereocenters. The second-order valence-corrected chi connectivity index (χ2v) is 6.93. The first-order valence-electron chi connectivity index (χ1n) is 8.71. The molecular weight excluding hydrogens is 332 g/mol. The quantitative estimate of drug-likeness (QED) is 0.609. The number of thiocarbonyl (C=S) groups is 1. The number of aromatic nitrogens is 1. The van der Waals surface area contributed by atoms with Crippen molar-refractivity contribution in [3.05, 3.63) is 47.3 Å². The van der Waals surface area contributed by atoms with Crippen LogP contribution in [0.1, 0.15) is 37.2 Å². The van der Waals surface area contributed by atoms with Crippen molar-refractivity contribution >= 4 is 28.9 Å². The topological polar surface area (TPSA) is 34.5 Å². The molecule has 25 heavy (non-hydrogen) atoms. The molecule has 0 saturated heterocycles. The predicted octanol–water partition coefficient (Wildman–Crippen LogP) is 4.13. The predicted molar refractivity (Wildman–Crippen MR) is 105 cm³/mol. The minimum Gasteiger partial charge on any atom is -0.464 e. The summed E-state index contributed by atoms with van der Waals surface area (Å²) in [6.07, 6.45) is 1.69. The molecule has 0 fully saturated rings. The number of hydrogen-bond acceptors (Lipinski definition) is 3. The molecule has 132 valence electrons. The van der Waals surface area contributed by atoms with Crippen molar-refractivity contribution in [2.75, 3.05) is 11.5 Å². The first-order chi connectivity index (χ1) is 11.9. The number of aryl methyl sites for hydroxylation is 3. The SMILES string of the molecule is CCOC(=O)C(C)N1C(=S)CCc2ccc(-n3c(C)ccc3C)cc21. The highest BCUT2D eigenvalue weighted by Crippen LogP contribution is 2.33. The van der Waals surface area contributed by atoms with Crippen LogP contribution in [0.5, 0.6) is 0 Å². The number of benzene rings is 1. The molecule has 0 spiro atoms. The summed E-state index contributed by atoms with van der Waals surface area (Å²) in [6, 6.07) is 10.2. The Balaban J connectivity index is 2.06. The van der Waals surface area contributed by atoms with Gasteiger partial charge >= 0.3 is 5.97 Å². The van der Waals surface area contributed by atoms with Crippen molar-refractivity contribution < 1.29 is 9.53 Å². The van der Waals surface area contributed by atoms with E-state index in [0.29, 0.717) is 6.61 Å². The summed E-state index contributed by atoms with van der Waals surface area (Å²) in [5, 5.41) is 0. The third-order valence-corrected chi connectivity index (χ3v) is 5.15. The van der Waals surface area contributed by atoms with Gasteiger partial charge in [-0.3, -0.25) is 0 Å². The lowest BCUT2D eigenvalue weighted by atomic mass is 9.99. The molecule has 0 saturated carbocycles. The molecule has 0 N–H and O–H groups in total. The molecule has 1 aromatic heterocycles. The fraction of sp³-hybridized carbons (Fsp3) is 0.400. The van der Waals surface area contributed by atoms with Crippen LogP contribution in [-0.2, 0) is 16.0 Å².